The van der Waals surface area contributed by atoms with Crippen molar-refractivity contribution in [2.75, 3.05) is 26.9 Å². The van der Waals surface area contributed by atoms with Crippen LogP contribution in [0.1, 0.15) is 87.0 Å². The summed E-state index contributed by atoms with van der Waals surface area (Å²) in [6.07, 6.45) is -30.3. The molecule has 0 aromatic carbocycles. The van der Waals surface area contributed by atoms with Crippen LogP contribution in [0.25, 0.3) is 0 Å². The van der Waals surface area contributed by atoms with Crippen LogP contribution in [0.15, 0.2) is 23.8 Å². The van der Waals surface area contributed by atoms with Crippen molar-refractivity contribution >= 4 is 5.97 Å². The predicted octanol–water partition coefficient (Wildman–Crippen LogP) is -1.85. The second-order valence-corrected chi connectivity index (χ2v) is 25.0. The second kappa shape index (κ2) is 21.9. The summed E-state index contributed by atoms with van der Waals surface area (Å²) >= 11 is 0. The minimum atomic E-state index is -1.92. The Labute approximate surface area is 453 Å². The van der Waals surface area contributed by atoms with Gasteiger partial charge >= 0.3 is 5.97 Å². The fraction of sp³-hybridized carbons (Fsp3) is 0.907. The van der Waals surface area contributed by atoms with Gasteiger partial charge in [0.05, 0.1) is 43.5 Å². The molecule has 10 aliphatic rings. The smallest absolute Gasteiger partial charge is 0.314 e. The van der Waals surface area contributed by atoms with Crippen molar-refractivity contribution < 1.29 is 118 Å². The number of fused-ring (bicyclic) bond motifs is 5. The molecule has 1 spiro atoms. The van der Waals surface area contributed by atoms with Gasteiger partial charge in [-0.05, 0) is 82.0 Å². The Hall–Kier alpha value is -1.93. The number of carbonyl (C=O) groups excluding carboxylic acids is 1. The minimum Gasteiger partial charge on any atom is -0.461 e. The van der Waals surface area contributed by atoms with Gasteiger partial charge < -0.3 is 113 Å². The van der Waals surface area contributed by atoms with Crippen molar-refractivity contribution in [3.8, 4) is 0 Å². The van der Waals surface area contributed by atoms with E-state index >= 15 is 0 Å². The number of ether oxygens (including phenoxy) is 12. The van der Waals surface area contributed by atoms with Gasteiger partial charge in [-0.1, -0.05) is 51.5 Å². The number of hydrogen-bond acceptors (Lipinski definition) is 24. The lowest BCUT2D eigenvalue weighted by atomic mass is 9.40. The number of carbonyl (C=O) groups is 1. The third kappa shape index (κ3) is 9.40. The highest BCUT2D eigenvalue weighted by molar-refractivity contribution is 5.84. The second-order valence-electron chi connectivity index (χ2n) is 25.0. The summed E-state index contributed by atoms with van der Waals surface area (Å²) in [6, 6.07) is 0. The van der Waals surface area contributed by atoms with Crippen molar-refractivity contribution in [3.05, 3.63) is 23.8 Å². The van der Waals surface area contributed by atoms with E-state index in [0.29, 0.717) is 12.8 Å². The average molecular weight is 1120 g/mol. The van der Waals surface area contributed by atoms with Crippen LogP contribution in [-0.4, -0.2) is 243 Å². The summed E-state index contributed by atoms with van der Waals surface area (Å²) in [5.41, 5.74) is 0.645. The van der Waals surface area contributed by atoms with E-state index in [1.165, 1.54) is 26.5 Å². The fourth-order valence-electron chi connectivity index (χ4n) is 16.1. The molecule has 24 heteroatoms. The maximum atomic E-state index is 13.8. The van der Waals surface area contributed by atoms with E-state index in [9.17, 15) is 61.0 Å². The number of hydrogen-bond donors (Lipinski definition) is 11. The Morgan fingerprint density at radius 2 is 1.27 bits per heavy atom. The normalized spacial score (nSPS) is 54.8. The van der Waals surface area contributed by atoms with Gasteiger partial charge in [0.25, 0.3) is 0 Å². The van der Waals surface area contributed by atoms with E-state index in [-0.39, 0.29) is 53.9 Å². The third-order valence-corrected chi connectivity index (χ3v) is 20.3. The standard InChI is InChI=1S/C54H84O24/c1-20(2)31-27-16-53(8)24-10-11-29-51(5,6)30(13-14-52(29,7)23(24)12-15-54(31,53)50(66)73-27)74-48-43(33(59)25(56)18-69-48)78-49-44(77-46-36(62)35(61)32(58)21(3)70-46)37(63)40(22(4)71-49)75-47-39(65)42(34(60)28(17-55)72-47)76-45-38(64)41(67-9)26(57)19-68-45/h10,21-23,25-49,55-65H,1,11-19H2,2-9H3/t21-,22-,23+,25-,26-,27-,28-,29+,30+,31+,32-,33+,34-,35+,36-,37+,38-,39-,40-,41+,42+,43-,44-,45+,46+,47+,48+,49+,52-,53+,54-/m1/s1. The molecule has 444 valence electrons. The SMILES string of the molecule is C=C(C)[C@H]1[C@H]2C[C@@]3(C)C4=CC[C@H]5C(C)(C)[C@@H](O[C@@H]6OC[C@@H](O)[C@H](O)[C@H]6O[C@@H]6O[C@H](C)[C@@H](O[C@@H]7O[C@H](CO)[C@@H](O)[C@H](O[C@@H]8OC[C@@H](O)[C@H](OC)[C@H]8O)[C@H]7O)[C@H](O)[C@H]6O[C@@H]6O[C@H](C)[C@@H](O)[C@H](O)[C@H]6O)CC[C@]5(C)[C@H]4CC[C@]13C(=O)O2. The zero-order chi connectivity index (χ0) is 56.5. The van der Waals surface area contributed by atoms with Gasteiger partial charge in [-0.2, -0.15) is 0 Å². The van der Waals surface area contributed by atoms with Gasteiger partial charge in [-0.3, -0.25) is 4.79 Å². The van der Waals surface area contributed by atoms with Crippen LogP contribution in [0.5, 0.6) is 0 Å². The summed E-state index contributed by atoms with van der Waals surface area (Å²) in [5, 5.41) is 122. The van der Waals surface area contributed by atoms with E-state index in [0.717, 1.165) is 31.3 Å². The Morgan fingerprint density at radius 3 is 1.96 bits per heavy atom. The molecule has 11 N–H and O–H groups in total. The molecular weight excluding hydrogens is 1030 g/mol. The molecule has 3 saturated carbocycles. The van der Waals surface area contributed by atoms with Crippen molar-refractivity contribution in [3.63, 3.8) is 0 Å². The number of rotatable bonds is 13. The largest absolute Gasteiger partial charge is 0.461 e. The molecule has 9 fully saturated rings. The molecule has 0 radical (unpaired) electrons. The highest BCUT2D eigenvalue weighted by atomic mass is 16.8. The summed E-state index contributed by atoms with van der Waals surface area (Å²) in [5.74, 6) is 0.179. The molecule has 6 saturated heterocycles. The summed E-state index contributed by atoms with van der Waals surface area (Å²) < 4.78 is 72.5. The third-order valence-electron chi connectivity index (χ3n) is 20.3. The molecule has 2 bridgehead atoms. The van der Waals surface area contributed by atoms with Crippen LogP contribution < -0.4 is 0 Å². The molecule has 24 nitrogen and oxygen atoms in total. The molecule has 10 rings (SSSR count). The van der Waals surface area contributed by atoms with Crippen molar-refractivity contribution in [1.29, 1.82) is 0 Å². The maximum Gasteiger partial charge on any atom is 0.314 e. The van der Waals surface area contributed by atoms with Gasteiger partial charge in [-0.15, -0.1) is 0 Å². The van der Waals surface area contributed by atoms with Gasteiger partial charge in [0.15, 0.2) is 31.5 Å². The first-order chi connectivity index (χ1) is 36.7. The maximum absolute atomic E-state index is 13.8. The van der Waals surface area contributed by atoms with Crippen LogP contribution in [0.3, 0.4) is 0 Å². The van der Waals surface area contributed by atoms with Crippen LogP contribution >= 0.6 is 0 Å². The number of methoxy groups -OCH3 is 1. The monoisotopic (exact) mass is 1120 g/mol. The molecule has 0 unspecified atom stereocenters. The summed E-state index contributed by atoms with van der Waals surface area (Å²) in [6.45, 7) is 16.7. The van der Waals surface area contributed by atoms with Crippen LogP contribution in [0.2, 0.25) is 0 Å². The van der Waals surface area contributed by atoms with Crippen LogP contribution in [0, 0.1) is 39.4 Å². The number of aliphatic hydroxyl groups is 11. The topological polar surface area (TPSA) is 350 Å². The Bertz CT molecular complexity index is 2200. The van der Waals surface area contributed by atoms with Crippen LogP contribution in [0.4, 0.5) is 0 Å². The van der Waals surface area contributed by atoms with Gasteiger partial charge in [0.2, 0.25) is 0 Å². The van der Waals surface area contributed by atoms with Gasteiger partial charge in [-0.25, -0.2) is 0 Å². The van der Waals surface area contributed by atoms with Gasteiger partial charge in [0, 0.05) is 18.4 Å². The van der Waals surface area contributed by atoms with E-state index in [2.05, 4.69) is 40.3 Å². The first-order valence-corrected chi connectivity index (χ1v) is 27.7. The number of esters is 1. The van der Waals surface area contributed by atoms with Crippen molar-refractivity contribution in [1.82, 2.24) is 0 Å². The quantitative estimate of drug-likeness (QED) is 0.0713. The average Bonchev–Trinajstić information content (AvgIpc) is 4.06. The molecule has 0 amide bonds. The Kier molecular flexibility index (Phi) is 16.6. The fourth-order valence-corrected chi connectivity index (χ4v) is 16.1. The lowest BCUT2D eigenvalue weighted by Gasteiger charge is -2.64. The Balaban J connectivity index is 0.888. The molecule has 6 aliphatic heterocycles. The van der Waals surface area contributed by atoms with E-state index < -0.39 is 165 Å². The minimum absolute atomic E-state index is 0.0271. The first kappa shape index (κ1) is 59.2. The van der Waals surface area contributed by atoms with E-state index in [4.69, 9.17) is 56.8 Å². The number of aliphatic hydroxyl groups excluding tert-OH is 11. The summed E-state index contributed by atoms with van der Waals surface area (Å²) in [7, 11) is 1.25. The molecule has 6 heterocycles. The number of allylic oxidation sites excluding steroid dienone is 2. The van der Waals surface area contributed by atoms with Crippen molar-refractivity contribution in [2.45, 2.75) is 241 Å². The van der Waals surface area contributed by atoms with Crippen molar-refractivity contribution in [2.24, 2.45) is 39.4 Å². The van der Waals surface area contributed by atoms with Gasteiger partial charge in [0.1, 0.15) is 104 Å². The highest BCUT2D eigenvalue weighted by Crippen LogP contribution is 2.76. The molecule has 0 aromatic rings. The molecule has 31 atom stereocenters. The van der Waals surface area contributed by atoms with E-state index in [1.54, 1.807) is 0 Å². The van der Waals surface area contributed by atoms with Crippen LogP contribution in [-0.2, 0) is 61.6 Å². The molecule has 4 aliphatic carbocycles. The summed E-state index contributed by atoms with van der Waals surface area (Å²) in [4.78, 5) is 13.8. The highest BCUT2D eigenvalue weighted by Gasteiger charge is 2.76. The lowest BCUT2D eigenvalue weighted by Crippen LogP contribution is -2.67. The zero-order valence-corrected chi connectivity index (χ0v) is 45.5. The Morgan fingerprint density at radius 1 is 0.654 bits per heavy atom. The lowest BCUT2D eigenvalue weighted by molar-refractivity contribution is -0.405. The zero-order valence-electron chi connectivity index (χ0n) is 45.5. The molecular formula is C54H84O24. The molecule has 0 aromatic heterocycles. The van der Waals surface area contributed by atoms with E-state index in [1.807, 2.05) is 6.92 Å². The predicted molar refractivity (Wildman–Crippen MR) is 263 cm³/mol. The molecule has 78 heavy (non-hydrogen) atoms. The first-order valence-electron chi connectivity index (χ1n) is 27.7.